The maximum atomic E-state index is 6.47. The van der Waals surface area contributed by atoms with Gasteiger partial charge in [-0.2, -0.15) is 5.10 Å². The van der Waals surface area contributed by atoms with Crippen molar-refractivity contribution in [2.24, 2.45) is 0 Å². The first-order valence-corrected chi connectivity index (χ1v) is 8.62. The Hall–Kier alpha value is -0.580. The zero-order valence-electron chi connectivity index (χ0n) is 13.9. The Labute approximate surface area is 133 Å². The van der Waals surface area contributed by atoms with Crippen molar-refractivity contribution in [1.29, 1.82) is 0 Å². The van der Waals surface area contributed by atoms with E-state index in [1.165, 1.54) is 25.0 Å². The molecule has 1 fully saturated rings. The van der Waals surface area contributed by atoms with Crippen molar-refractivity contribution >= 4 is 11.6 Å². The highest BCUT2D eigenvalue weighted by Gasteiger charge is 2.31. The average molecular weight is 313 g/mol. The second-order valence-corrected chi connectivity index (χ2v) is 6.52. The second kappa shape index (κ2) is 7.12. The van der Waals surface area contributed by atoms with E-state index >= 15 is 0 Å². The number of aromatic nitrogens is 2. The minimum Gasteiger partial charge on any atom is -0.310 e. The molecule has 0 aliphatic carbocycles. The van der Waals surface area contributed by atoms with E-state index in [1.54, 1.807) is 0 Å². The molecule has 0 bridgehead atoms. The Morgan fingerprint density at radius 1 is 1.29 bits per heavy atom. The van der Waals surface area contributed by atoms with Crippen molar-refractivity contribution in [3.8, 4) is 0 Å². The fourth-order valence-electron chi connectivity index (χ4n) is 3.31. The molecule has 1 aromatic rings. The lowest BCUT2D eigenvalue weighted by molar-refractivity contribution is 0.187. The van der Waals surface area contributed by atoms with Gasteiger partial charge in [0.25, 0.3) is 0 Å². The van der Waals surface area contributed by atoms with E-state index in [4.69, 9.17) is 11.6 Å². The number of halogens is 1. The molecule has 120 valence electrons. The van der Waals surface area contributed by atoms with Crippen molar-refractivity contribution in [2.75, 3.05) is 19.6 Å². The quantitative estimate of drug-likeness (QED) is 0.906. The highest BCUT2D eigenvalue weighted by atomic mass is 35.5. The molecule has 0 amide bonds. The normalized spacial score (nSPS) is 19.7. The zero-order chi connectivity index (χ0) is 15.5. The zero-order valence-corrected chi connectivity index (χ0v) is 14.6. The Morgan fingerprint density at radius 3 is 2.62 bits per heavy atom. The van der Waals surface area contributed by atoms with Gasteiger partial charge in [-0.3, -0.25) is 9.58 Å². The van der Waals surface area contributed by atoms with Gasteiger partial charge in [0.05, 0.1) is 16.4 Å². The van der Waals surface area contributed by atoms with E-state index < -0.39 is 0 Å². The van der Waals surface area contributed by atoms with Crippen molar-refractivity contribution in [1.82, 2.24) is 20.0 Å². The summed E-state index contributed by atoms with van der Waals surface area (Å²) in [5, 5.41) is 9.14. The van der Waals surface area contributed by atoms with Gasteiger partial charge in [-0.05, 0) is 46.2 Å². The molecule has 2 heterocycles. The average Bonchev–Trinajstić information content (AvgIpc) is 2.69. The third-order valence-electron chi connectivity index (χ3n) is 4.86. The Morgan fingerprint density at radius 2 is 2.00 bits per heavy atom. The summed E-state index contributed by atoms with van der Waals surface area (Å²) in [6, 6.07) is 0. The Bertz CT molecular complexity index is 465. The van der Waals surface area contributed by atoms with Gasteiger partial charge in [0.2, 0.25) is 0 Å². The molecular formula is C16H29ClN4. The predicted octanol–water partition coefficient (Wildman–Crippen LogP) is 3.22. The van der Waals surface area contributed by atoms with Gasteiger partial charge in [-0.25, -0.2) is 0 Å². The molecule has 4 nitrogen and oxygen atoms in total. The third kappa shape index (κ3) is 3.61. The summed E-state index contributed by atoms with van der Waals surface area (Å²) in [5.74, 6) is 0. The lowest BCUT2D eigenvalue weighted by atomic mass is 9.92. The molecule has 21 heavy (non-hydrogen) atoms. The van der Waals surface area contributed by atoms with Crippen LogP contribution in [0.15, 0.2) is 0 Å². The van der Waals surface area contributed by atoms with Gasteiger partial charge in [0.1, 0.15) is 0 Å². The lowest BCUT2D eigenvalue weighted by Crippen LogP contribution is -2.50. The first kappa shape index (κ1) is 16.8. The number of nitrogens with one attached hydrogen (secondary N) is 1. The van der Waals surface area contributed by atoms with Gasteiger partial charge < -0.3 is 5.32 Å². The molecule has 2 rings (SSSR count). The fourth-order valence-corrected chi connectivity index (χ4v) is 3.50. The summed E-state index contributed by atoms with van der Waals surface area (Å²) in [6.45, 7) is 13.8. The van der Waals surface area contributed by atoms with Crippen LogP contribution in [0, 0.1) is 6.92 Å². The van der Waals surface area contributed by atoms with Crippen molar-refractivity contribution < 1.29 is 0 Å². The minimum atomic E-state index is 0.245. The molecule has 0 saturated carbocycles. The smallest absolute Gasteiger partial charge is 0.0860 e. The van der Waals surface area contributed by atoms with Crippen LogP contribution in [0.25, 0.3) is 0 Å². The van der Waals surface area contributed by atoms with Gasteiger partial charge in [-0.1, -0.05) is 25.4 Å². The van der Waals surface area contributed by atoms with E-state index in [1.807, 2.05) is 6.92 Å². The van der Waals surface area contributed by atoms with E-state index in [0.29, 0.717) is 0 Å². The van der Waals surface area contributed by atoms with Crippen LogP contribution in [0.3, 0.4) is 0 Å². The van der Waals surface area contributed by atoms with Crippen molar-refractivity contribution in [2.45, 2.75) is 65.6 Å². The van der Waals surface area contributed by atoms with Gasteiger partial charge >= 0.3 is 0 Å². The Kier molecular flexibility index (Phi) is 5.69. The lowest BCUT2D eigenvalue weighted by Gasteiger charge is -2.35. The molecule has 0 atom stereocenters. The van der Waals surface area contributed by atoms with Crippen molar-refractivity contribution in [3.63, 3.8) is 0 Å². The second-order valence-electron chi connectivity index (χ2n) is 6.14. The maximum Gasteiger partial charge on any atom is 0.0860 e. The van der Waals surface area contributed by atoms with E-state index in [0.717, 1.165) is 43.4 Å². The molecule has 1 N–H and O–H groups in total. The van der Waals surface area contributed by atoms with Crippen LogP contribution >= 0.6 is 11.6 Å². The molecule has 1 saturated heterocycles. The largest absolute Gasteiger partial charge is 0.310 e. The monoisotopic (exact) mass is 312 g/mol. The number of hydrogen-bond donors (Lipinski definition) is 1. The van der Waals surface area contributed by atoms with E-state index in [9.17, 15) is 0 Å². The predicted molar refractivity (Wildman–Crippen MR) is 88.9 cm³/mol. The van der Waals surface area contributed by atoms with Gasteiger partial charge in [-0.15, -0.1) is 0 Å². The van der Waals surface area contributed by atoms with Crippen LogP contribution in [0.5, 0.6) is 0 Å². The summed E-state index contributed by atoms with van der Waals surface area (Å²) in [6.07, 6.45) is 3.53. The van der Waals surface area contributed by atoms with E-state index in [-0.39, 0.29) is 5.54 Å². The fraction of sp³-hybridized carbons (Fsp3) is 0.812. The number of hydrogen-bond acceptors (Lipinski definition) is 3. The van der Waals surface area contributed by atoms with Crippen LogP contribution in [-0.4, -0.2) is 39.9 Å². The number of nitrogens with zero attached hydrogens (tertiary/aromatic N) is 3. The SMILES string of the molecule is CCn1nc(C)c(Cl)c1CN1CCCNC(CC)(CC)C1. The summed E-state index contributed by atoms with van der Waals surface area (Å²) in [7, 11) is 0. The molecule has 5 heteroatoms. The molecule has 1 aromatic heterocycles. The number of aryl methyl sites for hydroxylation is 2. The van der Waals surface area contributed by atoms with Crippen LogP contribution in [0.2, 0.25) is 5.02 Å². The minimum absolute atomic E-state index is 0.245. The molecule has 0 radical (unpaired) electrons. The number of rotatable bonds is 5. The van der Waals surface area contributed by atoms with Gasteiger partial charge in [0.15, 0.2) is 0 Å². The highest BCUT2D eigenvalue weighted by Crippen LogP contribution is 2.25. The third-order valence-corrected chi connectivity index (χ3v) is 5.35. The molecule has 0 spiro atoms. The van der Waals surface area contributed by atoms with E-state index in [2.05, 4.69) is 40.8 Å². The summed E-state index contributed by atoms with van der Waals surface area (Å²) in [4.78, 5) is 2.54. The maximum absolute atomic E-state index is 6.47. The van der Waals surface area contributed by atoms with Gasteiger partial charge in [0, 0.05) is 25.2 Å². The molecule has 0 aromatic carbocycles. The first-order chi connectivity index (χ1) is 10.0. The summed E-state index contributed by atoms with van der Waals surface area (Å²) in [5.41, 5.74) is 2.35. The van der Waals surface area contributed by atoms with Crippen LogP contribution < -0.4 is 5.32 Å². The topological polar surface area (TPSA) is 33.1 Å². The first-order valence-electron chi connectivity index (χ1n) is 8.24. The summed E-state index contributed by atoms with van der Waals surface area (Å²) >= 11 is 6.47. The molecule has 0 unspecified atom stereocenters. The molecular weight excluding hydrogens is 284 g/mol. The standard InChI is InChI=1S/C16H29ClN4/c1-5-16(6-2)12-20(10-8-9-18-16)11-14-15(17)13(4)19-21(14)7-3/h18H,5-12H2,1-4H3. The van der Waals surface area contributed by atoms with Crippen LogP contribution in [-0.2, 0) is 13.1 Å². The highest BCUT2D eigenvalue weighted by molar-refractivity contribution is 6.31. The molecule has 1 aliphatic rings. The molecule has 1 aliphatic heterocycles. The van der Waals surface area contributed by atoms with Crippen molar-refractivity contribution in [3.05, 3.63) is 16.4 Å². The van der Waals surface area contributed by atoms with Crippen LogP contribution in [0.4, 0.5) is 0 Å². The Balaban J connectivity index is 2.18. The summed E-state index contributed by atoms with van der Waals surface area (Å²) < 4.78 is 2.05. The van der Waals surface area contributed by atoms with Crippen LogP contribution in [0.1, 0.15) is 51.4 Å².